The lowest BCUT2D eigenvalue weighted by Crippen LogP contribution is -2.26. The van der Waals surface area contributed by atoms with Crippen LogP contribution in [0.2, 0.25) is 0 Å². The van der Waals surface area contributed by atoms with Gasteiger partial charge >= 0.3 is 0 Å². The number of hydrogen-bond donors (Lipinski definition) is 4. The van der Waals surface area contributed by atoms with Gasteiger partial charge in [0.05, 0.1) is 0 Å². The number of carbonyl (C=O) groups is 3. The minimum atomic E-state index is -0.619. The van der Waals surface area contributed by atoms with Crippen LogP contribution in [0.15, 0.2) is 78.9 Å². The van der Waals surface area contributed by atoms with Crippen LogP contribution in [0, 0.1) is 5.82 Å². The highest BCUT2D eigenvalue weighted by molar-refractivity contribution is 6.24. The number of benzene rings is 3. The molecule has 0 heterocycles. The molecular weight excluding hydrogens is 473 g/mol. The molecule has 4 rings (SSSR count). The molecule has 1 saturated carbocycles. The molecule has 0 spiro atoms. The quantitative estimate of drug-likeness (QED) is 0.154. The monoisotopic (exact) mass is 499 g/mol. The van der Waals surface area contributed by atoms with E-state index in [1.165, 1.54) is 23.7 Å². The van der Waals surface area contributed by atoms with E-state index in [0.29, 0.717) is 23.2 Å². The molecule has 1 aliphatic rings. The summed E-state index contributed by atoms with van der Waals surface area (Å²) in [5, 5.41) is 14.3. The Balaban J connectivity index is 1.40. The summed E-state index contributed by atoms with van der Waals surface area (Å²) in [6.07, 6.45) is 6.40. The summed E-state index contributed by atoms with van der Waals surface area (Å²) in [6, 6.07) is 20.1. The van der Waals surface area contributed by atoms with Gasteiger partial charge in [0.25, 0.3) is 17.7 Å². The molecule has 0 aliphatic heterocycles. The molecule has 1 fully saturated rings. The first kappa shape index (κ1) is 25.5. The fourth-order valence-corrected chi connectivity index (χ4v) is 3.54. The summed E-state index contributed by atoms with van der Waals surface area (Å²) in [5.41, 5.74) is 5.42. The van der Waals surface area contributed by atoms with Gasteiger partial charge in [-0.1, -0.05) is 48.5 Å². The molecule has 3 aromatic rings. The zero-order valence-corrected chi connectivity index (χ0v) is 19.9. The summed E-state index contributed by atoms with van der Waals surface area (Å²) in [4.78, 5) is 36.5. The Morgan fingerprint density at radius 2 is 1.49 bits per heavy atom. The standard InChI is InChI=1S/C29H26FN3O4/c30-24-12-10-22(11-13-24)26(29(36)32-25-14-15-25)17-20-5-8-23(9-6-20)28(35)31-18-21-3-1-19(2-4-21)7-16-27(34)33-37/h1-13,16-17,25,37H,14-15,18H2,(H,31,35)(H,32,36)(H,33,34)/b16-7+,26-17+. The number of amides is 3. The Hall–Kier alpha value is -4.56. The number of nitrogens with one attached hydrogen (secondary N) is 3. The van der Waals surface area contributed by atoms with E-state index in [1.54, 1.807) is 60.7 Å². The molecule has 7 nitrogen and oxygen atoms in total. The van der Waals surface area contributed by atoms with Crippen molar-refractivity contribution in [3.05, 3.63) is 113 Å². The van der Waals surface area contributed by atoms with E-state index in [1.807, 2.05) is 12.1 Å². The summed E-state index contributed by atoms with van der Waals surface area (Å²) in [5.74, 6) is -1.45. The lowest BCUT2D eigenvalue weighted by Gasteiger charge is -2.10. The summed E-state index contributed by atoms with van der Waals surface area (Å²) in [6.45, 7) is 0.317. The summed E-state index contributed by atoms with van der Waals surface area (Å²) >= 11 is 0. The average molecular weight is 500 g/mol. The topological polar surface area (TPSA) is 108 Å². The largest absolute Gasteiger partial charge is 0.349 e. The average Bonchev–Trinajstić information content (AvgIpc) is 3.74. The van der Waals surface area contributed by atoms with Crippen LogP contribution < -0.4 is 16.1 Å². The zero-order valence-electron chi connectivity index (χ0n) is 19.9. The van der Waals surface area contributed by atoms with Crippen LogP contribution in [0.4, 0.5) is 4.39 Å². The molecule has 37 heavy (non-hydrogen) atoms. The molecular formula is C29H26FN3O4. The van der Waals surface area contributed by atoms with E-state index >= 15 is 0 Å². The third kappa shape index (κ3) is 7.46. The van der Waals surface area contributed by atoms with Gasteiger partial charge in [0.2, 0.25) is 0 Å². The third-order valence-electron chi connectivity index (χ3n) is 5.77. The molecule has 0 radical (unpaired) electrons. The Morgan fingerprint density at radius 1 is 0.865 bits per heavy atom. The second-order valence-electron chi connectivity index (χ2n) is 8.67. The number of rotatable bonds is 9. The van der Waals surface area contributed by atoms with Gasteiger partial charge < -0.3 is 10.6 Å². The van der Waals surface area contributed by atoms with Gasteiger partial charge in [-0.2, -0.15) is 0 Å². The van der Waals surface area contributed by atoms with Crippen molar-refractivity contribution in [2.24, 2.45) is 0 Å². The van der Waals surface area contributed by atoms with E-state index in [2.05, 4.69) is 10.6 Å². The maximum absolute atomic E-state index is 13.4. The van der Waals surface area contributed by atoms with Crippen LogP contribution in [0.5, 0.6) is 0 Å². The molecule has 0 unspecified atom stereocenters. The Bertz CT molecular complexity index is 1330. The van der Waals surface area contributed by atoms with Gasteiger partial charge in [-0.15, -0.1) is 0 Å². The van der Waals surface area contributed by atoms with Gasteiger partial charge in [-0.3, -0.25) is 19.6 Å². The number of hydrogen-bond acceptors (Lipinski definition) is 4. The Labute approximate surface area is 213 Å². The lowest BCUT2D eigenvalue weighted by molar-refractivity contribution is -0.124. The van der Waals surface area contributed by atoms with Gasteiger partial charge in [0, 0.05) is 29.8 Å². The predicted octanol–water partition coefficient (Wildman–Crippen LogP) is 4.09. The highest BCUT2D eigenvalue weighted by atomic mass is 19.1. The second kappa shape index (κ2) is 11.9. The van der Waals surface area contributed by atoms with Crippen molar-refractivity contribution in [2.75, 3.05) is 0 Å². The molecule has 0 atom stereocenters. The van der Waals surface area contributed by atoms with E-state index < -0.39 is 5.91 Å². The molecule has 0 bridgehead atoms. The van der Waals surface area contributed by atoms with E-state index in [9.17, 15) is 18.8 Å². The maximum atomic E-state index is 13.4. The van der Waals surface area contributed by atoms with Crippen molar-refractivity contribution < 1.29 is 24.0 Å². The molecule has 0 saturated heterocycles. The van der Waals surface area contributed by atoms with Crippen molar-refractivity contribution in [1.82, 2.24) is 16.1 Å². The third-order valence-corrected chi connectivity index (χ3v) is 5.77. The Kier molecular flexibility index (Phi) is 8.22. The maximum Gasteiger partial charge on any atom is 0.267 e. The first-order chi connectivity index (χ1) is 17.9. The molecule has 8 heteroatoms. The highest BCUT2D eigenvalue weighted by Gasteiger charge is 2.25. The van der Waals surface area contributed by atoms with Crippen LogP contribution in [-0.4, -0.2) is 29.0 Å². The lowest BCUT2D eigenvalue weighted by atomic mass is 10.0. The fraction of sp³-hybridized carbons (Fsp3) is 0.138. The first-order valence-electron chi connectivity index (χ1n) is 11.8. The van der Waals surface area contributed by atoms with Crippen molar-refractivity contribution in [3.8, 4) is 0 Å². The zero-order chi connectivity index (χ0) is 26.2. The molecule has 3 amide bonds. The molecule has 4 N–H and O–H groups in total. The summed E-state index contributed by atoms with van der Waals surface area (Å²) < 4.78 is 13.4. The van der Waals surface area contributed by atoms with E-state index in [0.717, 1.165) is 29.5 Å². The van der Waals surface area contributed by atoms with Crippen LogP contribution in [0.3, 0.4) is 0 Å². The van der Waals surface area contributed by atoms with Gasteiger partial charge in [-0.25, -0.2) is 9.87 Å². The first-order valence-corrected chi connectivity index (χ1v) is 11.8. The second-order valence-corrected chi connectivity index (χ2v) is 8.67. The minimum absolute atomic E-state index is 0.183. The van der Waals surface area contributed by atoms with Crippen molar-refractivity contribution in [1.29, 1.82) is 0 Å². The number of hydroxylamine groups is 1. The molecule has 188 valence electrons. The summed E-state index contributed by atoms with van der Waals surface area (Å²) in [7, 11) is 0. The van der Waals surface area contributed by atoms with Gasteiger partial charge in [0.1, 0.15) is 5.82 Å². The van der Waals surface area contributed by atoms with Crippen LogP contribution in [0.25, 0.3) is 17.7 Å². The number of carbonyl (C=O) groups excluding carboxylic acids is 3. The van der Waals surface area contributed by atoms with Crippen LogP contribution >= 0.6 is 0 Å². The van der Waals surface area contributed by atoms with E-state index in [4.69, 9.17) is 5.21 Å². The van der Waals surface area contributed by atoms with Crippen molar-refractivity contribution in [2.45, 2.75) is 25.4 Å². The molecule has 3 aromatic carbocycles. The van der Waals surface area contributed by atoms with Crippen molar-refractivity contribution >= 4 is 35.4 Å². The Morgan fingerprint density at radius 3 is 2.11 bits per heavy atom. The molecule has 0 aromatic heterocycles. The normalized spacial score (nSPS) is 13.3. The van der Waals surface area contributed by atoms with Crippen LogP contribution in [-0.2, 0) is 16.1 Å². The van der Waals surface area contributed by atoms with Crippen LogP contribution in [0.1, 0.15) is 45.5 Å². The minimum Gasteiger partial charge on any atom is -0.349 e. The van der Waals surface area contributed by atoms with Gasteiger partial charge in [0.15, 0.2) is 0 Å². The fourth-order valence-electron chi connectivity index (χ4n) is 3.54. The molecule has 1 aliphatic carbocycles. The predicted molar refractivity (Wildman–Crippen MR) is 138 cm³/mol. The smallest absolute Gasteiger partial charge is 0.267 e. The number of halogens is 1. The SMILES string of the molecule is O=C(/C=C/c1ccc(CNC(=O)c2ccc(/C=C(/C(=O)NC3CC3)c3ccc(F)cc3)cc2)cc1)NO. The highest BCUT2D eigenvalue weighted by Crippen LogP contribution is 2.24. The van der Waals surface area contributed by atoms with Crippen molar-refractivity contribution in [3.63, 3.8) is 0 Å². The van der Waals surface area contributed by atoms with Gasteiger partial charge in [-0.05, 0) is 71.5 Å². The van der Waals surface area contributed by atoms with E-state index in [-0.39, 0.29) is 23.7 Å².